The molecule has 1 unspecified atom stereocenters. The first-order chi connectivity index (χ1) is 9.10. The molecule has 3 nitrogen and oxygen atoms in total. The van der Waals surface area contributed by atoms with E-state index in [2.05, 4.69) is 40.2 Å². The number of nitrogens with one attached hydrogen (secondary N) is 1. The molecular weight excluding hydrogens is 326 g/mol. The Morgan fingerprint density at radius 2 is 2.21 bits per heavy atom. The first kappa shape index (κ1) is 14.4. The smallest absolute Gasteiger partial charge is 0.0815 e. The molecule has 0 fully saturated rings. The van der Waals surface area contributed by atoms with E-state index in [9.17, 15) is 0 Å². The largest absolute Gasteiger partial charge is 0.378 e. The molecule has 0 aliphatic carbocycles. The molecule has 0 bridgehead atoms. The zero-order valence-corrected chi connectivity index (χ0v) is 13.4. The topological polar surface area (TPSA) is 29.9 Å². The standard InChI is InChI=1S/C14H17BrClN3/c1-3-10(2)19-7-6-12(18-19)9-17-14-8-11(16)4-5-13(14)15/h4-8,10,17H,3,9H2,1-2H3. The average Bonchev–Trinajstić information content (AvgIpc) is 2.88. The minimum atomic E-state index is 0.437. The van der Waals surface area contributed by atoms with Crippen molar-refractivity contribution in [3.05, 3.63) is 45.7 Å². The van der Waals surface area contributed by atoms with Crippen LogP contribution in [0.1, 0.15) is 32.0 Å². The fourth-order valence-corrected chi connectivity index (χ4v) is 2.28. The summed E-state index contributed by atoms with van der Waals surface area (Å²) in [5, 5.41) is 8.61. The number of hydrogen-bond acceptors (Lipinski definition) is 2. The number of anilines is 1. The predicted molar refractivity (Wildman–Crippen MR) is 83.7 cm³/mol. The maximum Gasteiger partial charge on any atom is 0.0815 e. The minimum absolute atomic E-state index is 0.437. The summed E-state index contributed by atoms with van der Waals surface area (Å²) in [5.41, 5.74) is 2.00. The molecule has 2 rings (SSSR count). The lowest BCUT2D eigenvalue weighted by Gasteiger charge is -2.09. The fraction of sp³-hybridized carbons (Fsp3) is 0.357. The van der Waals surface area contributed by atoms with Crippen LogP contribution in [0.4, 0.5) is 5.69 Å². The molecule has 1 heterocycles. The third-order valence-electron chi connectivity index (χ3n) is 3.09. The van der Waals surface area contributed by atoms with Gasteiger partial charge in [-0.2, -0.15) is 5.10 Å². The maximum absolute atomic E-state index is 5.98. The molecule has 0 aliphatic rings. The SMILES string of the molecule is CCC(C)n1ccc(CNc2cc(Cl)ccc2Br)n1. The van der Waals surface area contributed by atoms with Crippen LogP contribution in [-0.4, -0.2) is 9.78 Å². The molecule has 0 saturated heterocycles. The van der Waals surface area contributed by atoms with Crippen LogP contribution >= 0.6 is 27.5 Å². The lowest BCUT2D eigenvalue weighted by molar-refractivity contribution is 0.474. The van der Waals surface area contributed by atoms with E-state index in [1.54, 1.807) is 0 Å². The number of benzene rings is 1. The first-order valence-electron chi connectivity index (χ1n) is 6.33. The molecule has 1 atom stereocenters. The van der Waals surface area contributed by atoms with Crippen molar-refractivity contribution in [3.63, 3.8) is 0 Å². The van der Waals surface area contributed by atoms with Gasteiger partial charge in [0.25, 0.3) is 0 Å². The number of rotatable bonds is 5. The van der Waals surface area contributed by atoms with Crippen molar-refractivity contribution in [1.29, 1.82) is 0 Å². The number of aromatic nitrogens is 2. The Morgan fingerprint density at radius 1 is 1.42 bits per heavy atom. The van der Waals surface area contributed by atoms with Crippen LogP contribution in [0.5, 0.6) is 0 Å². The van der Waals surface area contributed by atoms with Crippen LogP contribution in [0.25, 0.3) is 0 Å². The highest BCUT2D eigenvalue weighted by Gasteiger charge is 2.05. The van der Waals surface area contributed by atoms with Gasteiger partial charge < -0.3 is 5.32 Å². The molecule has 0 spiro atoms. The summed E-state index contributed by atoms with van der Waals surface area (Å²) in [7, 11) is 0. The lowest BCUT2D eigenvalue weighted by atomic mass is 10.3. The number of nitrogens with zero attached hydrogens (tertiary/aromatic N) is 2. The molecular formula is C14H17BrClN3. The van der Waals surface area contributed by atoms with Gasteiger partial charge in [0.05, 0.1) is 17.9 Å². The van der Waals surface area contributed by atoms with Gasteiger partial charge in [0.1, 0.15) is 0 Å². The third-order valence-corrected chi connectivity index (χ3v) is 4.02. The van der Waals surface area contributed by atoms with Crippen molar-refractivity contribution in [1.82, 2.24) is 9.78 Å². The molecule has 0 saturated carbocycles. The number of halogens is 2. The summed E-state index contributed by atoms with van der Waals surface area (Å²) in [5.74, 6) is 0. The van der Waals surface area contributed by atoms with Crippen molar-refractivity contribution in [2.75, 3.05) is 5.32 Å². The van der Waals surface area contributed by atoms with Crippen molar-refractivity contribution in [2.24, 2.45) is 0 Å². The van der Waals surface area contributed by atoms with Crippen molar-refractivity contribution < 1.29 is 0 Å². The normalized spacial score (nSPS) is 12.4. The highest BCUT2D eigenvalue weighted by molar-refractivity contribution is 9.10. The van der Waals surface area contributed by atoms with Gasteiger partial charge >= 0.3 is 0 Å². The zero-order chi connectivity index (χ0) is 13.8. The van der Waals surface area contributed by atoms with Gasteiger partial charge in [0.15, 0.2) is 0 Å². The first-order valence-corrected chi connectivity index (χ1v) is 7.50. The van der Waals surface area contributed by atoms with Crippen LogP contribution in [-0.2, 0) is 6.54 Å². The van der Waals surface area contributed by atoms with E-state index < -0.39 is 0 Å². The van der Waals surface area contributed by atoms with Gasteiger partial charge in [-0.05, 0) is 53.5 Å². The Bertz CT molecular complexity index is 553. The molecule has 0 radical (unpaired) electrons. The van der Waals surface area contributed by atoms with Crippen molar-refractivity contribution in [2.45, 2.75) is 32.9 Å². The Balaban J connectivity index is 2.02. The Labute approximate surface area is 127 Å². The van der Waals surface area contributed by atoms with Crippen LogP contribution in [0.2, 0.25) is 5.02 Å². The Kier molecular flexibility index (Phi) is 4.88. The van der Waals surface area contributed by atoms with E-state index in [-0.39, 0.29) is 0 Å². The van der Waals surface area contributed by atoms with Gasteiger partial charge in [0.2, 0.25) is 0 Å². The van der Waals surface area contributed by atoms with Crippen LogP contribution in [0, 0.1) is 0 Å². The second-order valence-electron chi connectivity index (χ2n) is 4.52. The minimum Gasteiger partial charge on any atom is -0.378 e. The van der Waals surface area contributed by atoms with E-state index in [0.717, 1.165) is 27.3 Å². The Hall–Kier alpha value is -1.000. The molecule has 5 heteroatoms. The second-order valence-corrected chi connectivity index (χ2v) is 5.81. The van der Waals surface area contributed by atoms with Gasteiger partial charge in [-0.3, -0.25) is 4.68 Å². The molecule has 1 N–H and O–H groups in total. The molecule has 1 aromatic heterocycles. The molecule has 0 amide bonds. The van der Waals surface area contributed by atoms with Gasteiger partial charge in [-0.25, -0.2) is 0 Å². The van der Waals surface area contributed by atoms with Gasteiger partial charge in [-0.1, -0.05) is 18.5 Å². The van der Waals surface area contributed by atoms with Gasteiger partial charge in [-0.15, -0.1) is 0 Å². The van der Waals surface area contributed by atoms with Crippen LogP contribution in [0.15, 0.2) is 34.9 Å². The summed E-state index contributed by atoms with van der Waals surface area (Å²) in [6.45, 7) is 5.01. The van der Waals surface area contributed by atoms with Gasteiger partial charge in [0, 0.05) is 21.7 Å². The summed E-state index contributed by atoms with van der Waals surface area (Å²) < 4.78 is 3.00. The van der Waals surface area contributed by atoms with E-state index in [4.69, 9.17) is 11.6 Å². The van der Waals surface area contributed by atoms with E-state index in [1.165, 1.54) is 0 Å². The maximum atomic E-state index is 5.98. The third kappa shape index (κ3) is 3.74. The zero-order valence-electron chi connectivity index (χ0n) is 11.0. The molecule has 19 heavy (non-hydrogen) atoms. The van der Waals surface area contributed by atoms with Crippen LogP contribution in [0.3, 0.4) is 0 Å². The molecule has 2 aromatic rings. The average molecular weight is 343 g/mol. The van der Waals surface area contributed by atoms with Crippen LogP contribution < -0.4 is 5.32 Å². The van der Waals surface area contributed by atoms with Crippen molar-refractivity contribution >= 4 is 33.2 Å². The highest BCUT2D eigenvalue weighted by Crippen LogP contribution is 2.26. The van der Waals surface area contributed by atoms with E-state index in [1.807, 2.05) is 35.1 Å². The Morgan fingerprint density at radius 3 is 2.95 bits per heavy atom. The summed E-state index contributed by atoms with van der Waals surface area (Å²) in [6.07, 6.45) is 3.10. The van der Waals surface area contributed by atoms with E-state index in [0.29, 0.717) is 12.6 Å². The molecule has 1 aromatic carbocycles. The quantitative estimate of drug-likeness (QED) is 0.839. The number of hydrogen-bond donors (Lipinski definition) is 1. The predicted octanol–water partition coefficient (Wildman–Crippen LogP) is 4.88. The van der Waals surface area contributed by atoms with E-state index >= 15 is 0 Å². The summed E-state index contributed by atoms with van der Waals surface area (Å²) >= 11 is 9.48. The molecule has 102 valence electrons. The highest BCUT2D eigenvalue weighted by atomic mass is 79.9. The van der Waals surface area contributed by atoms with Crippen molar-refractivity contribution in [3.8, 4) is 0 Å². The fourth-order valence-electron chi connectivity index (χ4n) is 1.72. The second kappa shape index (κ2) is 6.44. The lowest BCUT2D eigenvalue weighted by Crippen LogP contribution is -2.06. The monoisotopic (exact) mass is 341 g/mol. The summed E-state index contributed by atoms with van der Waals surface area (Å²) in [4.78, 5) is 0. The molecule has 0 aliphatic heterocycles. The summed E-state index contributed by atoms with van der Waals surface area (Å²) in [6, 6.07) is 8.16.